The molecule has 8 heteroatoms. The first kappa shape index (κ1) is 22.9. The standard InChI is InChI=1S/C25H27ClN4O3/c1-17-24(32)28-25-27-23-19(16-30(17)25)21(13-12-20(23)26)33-14-8-4-7-11-22(31)29(2)15-18-9-5-3-6-10-18/h3,5-6,9-10,12-13H,1,4,7-8,11,14-16H2,2H3,(H,27,28,32). The number of benzene rings is 2. The number of ether oxygens (including phenoxy) is 1. The highest BCUT2D eigenvalue weighted by Crippen LogP contribution is 2.37. The number of hydrogen-bond acceptors (Lipinski definition) is 4. The van der Waals surface area contributed by atoms with Crippen LogP contribution in [0.5, 0.6) is 5.75 Å². The molecule has 2 aromatic carbocycles. The van der Waals surface area contributed by atoms with Crippen LogP contribution in [0.1, 0.15) is 36.8 Å². The lowest BCUT2D eigenvalue weighted by atomic mass is 10.1. The van der Waals surface area contributed by atoms with E-state index in [1.165, 1.54) is 0 Å². The molecule has 1 N–H and O–H groups in total. The Morgan fingerprint density at radius 1 is 1.21 bits per heavy atom. The van der Waals surface area contributed by atoms with E-state index in [4.69, 9.17) is 16.3 Å². The molecule has 0 saturated carbocycles. The molecule has 0 spiro atoms. The van der Waals surface area contributed by atoms with E-state index >= 15 is 0 Å². The van der Waals surface area contributed by atoms with Gasteiger partial charge < -0.3 is 14.2 Å². The van der Waals surface area contributed by atoms with Gasteiger partial charge in [0.1, 0.15) is 11.1 Å². The second kappa shape index (κ2) is 10.1. The van der Waals surface area contributed by atoms with E-state index in [1.54, 1.807) is 15.5 Å². The van der Waals surface area contributed by atoms with Crippen molar-refractivity contribution in [2.75, 3.05) is 13.7 Å². The molecule has 172 valence electrons. The van der Waals surface area contributed by atoms with Crippen LogP contribution < -0.4 is 21.3 Å². The van der Waals surface area contributed by atoms with E-state index in [2.05, 4.69) is 16.6 Å². The molecule has 0 atom stereocenters. The van der Waals surface area contributed by atoms with Crippen molar-refractivity contribution in [1.29, 1.82) is 0 Å². The summed E-state index contributed by atoms with van der Waals surface area (Å²) in [5.41, 5.74) is 2.76. The zero-order chi connectivity index (χ0) is 23.4. The number of carbonyl (C=O) groups is 1. The monoisotopic (exact) mass is 466 g/mol. The van der Waals surface area contributed by atoms with Gasteiger partial charge in [0.2, 0.25) is 11.5 Å². The molecule has 2 heterocycles. The first-order chi connectivity index (χ1) is 15.9. The van der Waals surface area contributed by atoms with Gasteiger partial charge in [0.05, 0.1) is 23.9 Å². The molecule has 0 radical (unpaired) electrons. The highest BCUT2D eigenvalue weighted by Gasteiger charge is 2.20. The van der Waals surface area contributed by atoms with Gasteiger partial charge in [-0.15, -0.1) is 0 Å². The number of carbonyl (C=O) groups excluding carboxylic acids is 1. The van der Waals surface area contributed by atoms with Crippen LogP contribution in [-0.4, -0.2) is 34.0 Å². The molecule has 1 amide bonds. The minimum Gasteiger partial charge on any atom is -0.493 e. The molecule has 0 unspecified atom stereocenters. The summed E-state index contributed by atoms with van der Waals surface area (Å²) in [5, 5.41) is 0.863. The number of nitrogens with one attached hydrogen (secondary N) is 1. The first-order valence-electron chi connectivity index (χ1n) is 11.0. The van der Waals surface area contributed by atoms with Gasteiger partial charge in [-0.3, -0.25) is 14.6 Å². The molecule has 1 aliphatic rings. The second-order valence-electron chi connectivity index (χ2n) is 8.19. The van der Waals surface area contributed by atoms with Crippen LogP contribution in [0, 0.1) is 0 Å². The van der Waals surface area contributed by atoms with Gasteiger partial charge in [0, 0.05) is 25.6 Å². The lowest BCUT2D eigenvalue weighted by Gasteiger charge is -2.18. The Morgan fingerprint density at radius 3 is 2.79 bits per heavy atom. The van der Waals surface area contributed by atoms with Crippen LogP contribution in [0.4, 0.5) is 5.69 Å². The summed E-state index contributed by atoms with van der Waals surface area (Å²) in [4.78, 5) is 33.2. The van der Waals surface area contributed by atoms with Crippen LogP contribution in [0.3, 0.4) is 0 Å². The fourth-order valence-corrected chi connectivity index (χ4v) is 4.11. The zero-order valence-corrected chi connectivity index (χ0v) is 19.4. The van der Waals surface area contributed by atoms with Crippen molar-refractivity contribution in [2.45, 2.75) is 38.8 Å². The molecule has 1 aromatic heterocycles. The molecule has 0 bridgehead atoms. The zero-order valence-electron chi connectivity index (χ0n) is 18.6. The van der Waals surface area contributed by atoms with Crippen molar-refractivity contribution < 1.29 is 9.53 Å². The van der Waals surface area contributed by atoms with Gasteiger partial charge in [-0.25, -0.2) is 4.99 Å². The van der Waals surface area contributed by atoms with E-state index in [0.717, 1.165) is 30.4 Å². The third-order valence-corrected chi connectivity index (χ3v) is 6.08. The van der Waals surface area contributed by atoms with Crippen LogP contribution in [-0.2, 0) is 17.9 Å². The minimum absolute atomic E-state index is 0.147. The van der Waals surface area contributed by atoms with E-state index in [9.17, 15) is 9.59 Å². The molecule has 7 nitrogen and oxygen atoms in total. The molecular weight excluding hydrogens is 440 g/mol. The maximum atomic E-state index is 12.4. The lowest BCUT2D eigenvalue weighted by molar-refractivity contribution is -0.130. The number of hydrogen-bond donors (Lipinski definition) is 1. The first-order valence-corrected chi connectivity index (χ1v) is 11.4. The van der Waals surface area contributed by atoms with Crippen molar-refractivity contribution in [1.82, 2.24) is 14.5 Å². The van der Waals surface area contributed by atoms with E-state index in [0.29, 0.717) is 53.5 Å². The lowest BCUT2D eigenvalue weighted by Crippen LogP contribution is -2.32. The summed E-state index contributed by atoms with van der Waals surface area (Å²) < 4.78 is 7.75. The Kier molecular flexibility index (Phi) is 6.99. The van der Waals surface area contributed by atoms with E-state index < -0.39 is 0 Å². The van der Waals surface area contributed by atoms with Crippen molar-refractivity contribution in [3.8, 4) is 5.75 Å². The van der Waals surface area contributed by atoms with Gasteiger partial charge in [0.25, 0.3) is 5.56 Å². The van der Waals surface area contributed by atoms with Crippen molar-refractivity contribution in [3.63, 3.8) is 0 Å². The van der Waals surface area contributed by atoms with Crippen LogP contribution in [0.25, 0.3) is 6.58 Å². The van der Waals surface area contributed by atoms with Gasteiger partial charge >= 0.3 is 0 Å². The van der Waals surface area contributed by atoms with Gasteiger partial charge in [-0.1, -0.05) is 48.5 Å². The van der Waals surface area contributed by atoms with Crippen LogP contribution in [0.2, 0.25) is 5.02 Å². The number of imidazole rings is 1. The number of fused-ring (bicyclic) bond motifs is 2. The Hall–Kier alpha value is -3.32. The number of halogens is 1. The molecule has 4 rings (SSSR count). The third-order valence-electron chi connectivity index (χ3n) is 5.77. The third kappa shape index (κ3) is 5.20. The Bertz CT molecular complexity index is 1310. The molecule has 0 aliphatic carbocycles. The second-order valence-corrected chi connectivity index (χ2v) is 8.60. The SMILES string of the molecule is C=c1c(=O)[nH]c2n1Cc1c(OCCCCCC(=O)N(C)Cc3ccccc3)ccc(Cl)c1N=2. The Labute approximate surface area is 197 Å². The van der Waals surface area contributed by atoms with E-state index in [1.807, 2.05) is 43.4 Å². The minimum atomic E-state index is -0.260. The predicted octanol–water partition coefficient (Wildman–Crippen LogP) is 3.15. The highest BCUT2D eigenvalue weighted by molar-refractivity contribution is 6.33. The number of aromatic nitrogens is 2. The van der Waals surface area contributed by atoms with Gasteiger partial charge in [-0.2, -0.15) is 0 Å². The van der Waals surface area contributed by atoms with Crippen molar-refractivity contribution in [2.24, 2.45) is 4.99 Å². The summed E-state index contributed by atoms with van der Waals surface area (Å²) in [6, 6.07) is 13.6. The smallest absolute Gasteiger partial charge is 0.274 e. The van der Waals surface area contributed by atoms with Crippen LogP contribution >= 0.6 is 11.6 Å². The summed E-state index contributed by atoms with van der Waals surface area (Å²) >= 11 is 6.33. The van der Waals surface area contributed by atoms with Crippen molar-refractivity contribution >= 4 is 29.8 Å². The topological polar surface area (TPSA) is 79.7 Å². The quantitative estimate of drug-likeness (QED) is 0.385. The number of rotatable bonds is 9. The van der Waals surface area contributed by atoms with Crippen molar-refractivity contribution in [3.05, 3.63) is 79.9 Å². The fraction of sp³-hybridized carbons (Fsp3) is 0.320. The summed E-state index contributed by atoms with van der Waals surface area (Å²) in [6.45, 7) is 5.39. The Morgan fingerprint density at radius 2 is 2.00 bits per heavy atom. The summed E-state index contributed by atoms with van der Waals surface area (Å²) in [6.07, 6.45) is 3.06. The van der Waals surface area contributed by atoms with Gasteiger partial charge in [0.15, 0.2) is 0 Å². The maximum absolute atomic E-state index is 12.4. The maximum Gasteiger partial charge on any atom is 0.274 e. The number of unbranched alkanes of at least 4 members (excludes halogenated alkanes) is 2. The largest absolute Gasteiger partial charge is 0.493 e. The predicted molar refractivity (Wildman–Crippen MR) is 128 cm³/mol. The number of amides is 1. The number of nitrogens with zero attached hydrogens (tertiary/aromatic N) is 3. The van der Waals surface area contributed by atoms with E-state index in [-0.39, 0.29) is 11.5 Å². The average Bonchev–Trinajstić information content (AvgIpc) is 3.09. The fourth-order valence-electron chi connectivity index (χ4n) is 3.89. The van der Waals surface area contributed by atoms with Crippen LogP contribution in [0.15, 0.2) is 52.3 Å². The molecule has 33 heavy (non-hydrogen) atoms. The summed E-state index contributed by atoms with van der Waals surface area (Å²) in [7, 11) is 1.84. The normalized spacial score (nSPS) is 11.9. The number of H-pyrrole nitrogens is 1. The summed E-state index contributed by atoms with van der Waals surface area (Å²) in [5.74, 6) is 0.845. The number of aromatic amines is 1. The molecule has 3 aromatic rings. The molecule has 0 saturated heterocycles. The highest BCUT2D eigenvalue weighted by atomic mass is 35.5. The Balaban J connectivity index is 1.26. The molecule has 0 fully saturated rings. The molecular formula is C25H27ClN4O3. The molecule has 1 aliphatic heterocycles. The van der Waals surface area contributed by atoms with Gasteiger partial charge in [-0.05, 0) is 37.0 Å². The average molecular weight is 467 g/mol.